The number of aryl methyl sites for hydroxylation is 1. The fraction of sp³-hybridized carbons (Fsp3) is 0.250. The van der Waals surface area contributed by atoms with Crippen LogP contribution in [-0.4, -0.2) is 18.9 Å². The van der Waals surface area contributed by atoms with Crippen molar-refractivity contribution in [3.8, 4) is 0 Å². The van der Waals surface area contributed by atoms with Crippen LogP contribution < -0.4 is 5.56 Å². The van der Waals surface area contributed by atoms with Crippen molar-refractivity contribution in [1.82, 2.24) is 18.9 Å². The third-order valence-electron chi connectivity index (χ3n) is 2.92. The van der Waals surface area contributed by atoms with Crippen molar-refractivity contribution in [2.24, 2.45) is 0 Å². The van der Waals surface area contributed by atoms with Crippen LogP contribution in [0.25, 0.3) is 5.52 Å². The summed E-state index contributed by atoms with van der Waals surface area (Å²) in [5, 5.41) is 2.94. The van der Waals surface area contributed by atoms with E-state index < -0.39 is 0 Å². The van der Waals surface area contributed by atoms with Crippen LogP contribution >= 0.6 is 11.3 Å². The summed E-state index contributed by atoms with van der Waals surface area (Å²) in [6.45, 7) is 3.93. The molecule has 0 bridgehead atoms. The molecule has 0 saturated carbocycles. The van der Waals surface area contributed by atoms with Crippen LogP contribution in [0.4, 0.5) is 0 Å². The quantitative estimate of drug-likeness (QED) is 0.707. The lowest BCUT2D eigenvalue weighted by Gasteiger charge is -2.12. The first-order valence-electron chi connectivity index (χ1n) is 5.61. The molecule has 0 fully saturated rings. The Morgan fingerprint density at radius 2 is 2.22 bits per heavy atom. The van der Waals surface area contributed by atoms with Crippen LogP contribution in [0.3, 0.4) is 0 Å². The van der Waals surface area contributed by atoms with E-state index in [4.69, 9.17) is 0 Å². The molecule has 5 nitrogen and oxygen atoms in total. The molecule has 3 aromatic heterocycles. The number of nitrogens with zero attached hydrogens (tertiary/aromatic N) is 4. The molecule has 0 radical (unpaired) electrons. The summed E-state index contributed by atoms with van der Waals surface area (Å²) < 4.78 is 3.41. The summed E-state index contributed by atoms with van der Waals surface area (Å²) >= 11 is 1.58. The van der Waals surface area contributed by atoms with Gasteiger partial charge < -0.3 is 8.97 Å². The molecule has 1 unspecified atom stereocenters. The number of hydrogen-bond acceptors (Lipinski definition) is 4. The van der Waals surface area contributed by atoms with E-state index in [1.807, 2.05) is 25.4 Å². The first-order chi connectivity index (χ1) is 8.66. The molecule has 18 heavy (non-hydrogen) atoms. The van der Waals surface area contributed by atoms with E-state index in [0.29, 0.717) is 5.52 Å². The Hall–Kier alpha value is -1.95. The zero-order valence-corrected chi connectivity index (χ0v) is 10.9. The minimum Gasteiger partial charge on any atom is -0.303 e. The van der Waals surface area contributed by atoms with Gasteiger partial charge in [-0.25, -0.2) is 9.97 Å². The van der Waals surface area contributed by atoms with E-state index >= 15 is 0 Å². The van der Waals surface area contributed by atoms with Gasteiger partial charge in [0.1, 0.15) is 10.5 Å². The third kappa shape index (κ3) is 1.65. The van der Waals surface area contributed by atoms with E-state index in [2.05, 4.69) is 9.97 Å². The number of thiazole rings is 1. The van der Waals surface area contributed by atoms with Gasteiger partial charge in [0.25, 0.3) is 5.56 Å². The molecule has 3 rings (SSSR count). The van der Waals surface area contributed by atoms with E-state index in [1.165, 1.54) is 0 Å². The van der Waals surface area contributed by atoms with Crippen LogP contribution in [-0.2, 0) is 0 Å². The summed E-state index contributed by atoms with van der Waals surface area (Å²) in [6, 6.07) is -0.0592. The Kier molecular flexibility index (Phi) is 2.52. The minimum atomic E-state index is -0.0592. The van der Waals surface area contributed by atoms with Gasteiger partial charge in [-0.1, -0.05) is 0 Å². The molecule has 0 N–H and O–H groups in total. The van der Waals surface area contributed by atoms with Crippen LogP contribution in [0.1, 0.15) is 23.7 Å². The fourth-order valence-corrected chi connectivity index (χ4v) is 2.77. The van der Waals surface area contributed by atoms with E-state index in [9.17, 15) is 4.79 Å². The Balaban J connectivity index is 2.14. The van der Waals surface area contributed by atoms with Crippen LogP contribution in [0.5, 0.6) is 0 Å². The standard InChI is InChI=1S/C12H12N4OS/c1-8-6-18-11(14-8)9(2)16-4-3-15-7-13-5-10(15)12(16)17/h3-7,9H,1-2H3. The van der Waals surface area contributed by atoms with Crippen LogP contribution in [0.15, 0.2) is 35.1 Å². The van der Waals surface area contributed by atoms with Gasteiger partial charge in [-0.3, -0.25) is 4.79 Å². The fourth-order valence-electron chi connectivity index (χ4n) is 1.92. The maximum atomic E-state index is 12.3. The summed E-state index contributed by atoms with van der Waals surface area (Å²) in [5.74, 6) is 0. The predicted octanol–water partition coefficient (Wildman–Crippen LogP) is 1.87. The van der Waals surface area contributed by atoms with Gasteiger partial charge in [0.05, 0.1) is 18.6 Å². The first-order valence-corrected chi connectivity index (χ1v) is 6.49. The lowest BCUT2D eigenvalue weighted by molar-refractivity contribution is 0.608. The highest BCUT2D eigenvalue weighted by Crippen LogP contribution is 2.20. The molecule has 0 amide bonds. The summed E-state index contributed by atoms with van der Waals surface area (Å²) in [5.41, 5.74) is 1.52. The Labute approximate surface area is 107 Å². The molecule has 0 saturated heterocycles. The molecule has 0 aromatic carbocycles. The highest BCUT2D eigenvalue weighted by atomic mass is 32.1. The molecule has 0 aliphatic carbocycles. The zero-order valence-electron chi connectivity index (χ0n) is 10.1. The van der Waals surface area contributed by atoms with Crippen molar-refractivity contribution in [2.45, 2.75) is 19.9 Å². The number of aromatic nitrogens is 4. The number of rotatable bonds is 2. The Bertz CT molecular complexity index is 755. The van der Waals surface area contributed by atoms with Crippen LogP contribution in [0, 0.1) is 6.92 Å². The SMILES string of the molecule is Cc1csc(C(C)n2ccn3cncc3c2=O)n1. The number of imidazole rings is 1. The van der Waals surface area contributed by atoms with Gasteiger partial charge in [-0.2, -0.15) is 0 Å². The van der Waals surface area contributed by atoms with E-state index in [-0.39, 0.29) is 11.6 Å². The number of hydrogen-bond donors (Lipinski definition) is 0. The van der Waals surface area contributed by atoms with Crippen molar-refractivity contribution >= 4 is 16.9 Å². The molecule has 0 aliphatic heterocycles. The van der Waals surface area contributed by atoms with Crippen molar-refractivity contribution in [3.05, 3.63) is 51.4 Å². The minimum absolute atomic E-state index is 0.0460. The second-order valence-corrected chi connectivity index (χ2v) is 5.09. The van der Waals surface area contributed by atoms with Gasteiger partial charge in [0, 0.05) is 23.5 Å². The average molecular weight is 260 g/mol. The highest BCUT2D eigenvalue weighted by Gasteiger charge is 2.14. The zero-order chi connectivity index (χ0) is 12.7. The molecule has 3 heterocycles. The van der Waals surface area contributed by atoms with Gasteiger partial charge in [0.2, 0.25) is 0 Å². The molecular formula is C12H12N4OS. The van der Waals surface area contributed by atoms with Crippen molar-refractivity contribution < 1.29 is 0 Å². The summed E-state index contributed by atoms with van der Waals surface area (Å²) in [7, 11) is 0. The number of fused-ring (bicyclic) bond motifs is 1. The first kappa shape index (κ1) is 11.2. The summed E-state index contributed by atoms with van der Waals surface area (Å²) in [6.07, 6.45) is 6.82. The molecule has 3 aromatic rings. The topological polar surface area (TPSA) is 52.2 Å². The van der Waals surface area contributed by atoms with Crippen molar-refractivity contribution in [3.63, 3.8) is 0 Å². The molecule has 6 heteroatoms. The lowest BCUT2D eigenvalue weighted by Crippen LogP contribution is -2.24. The maximum absolute atomic E-state index is 12.3. The smallest absolute Gasteiger partial charge is 0.277 e. The second kappa shape index (κ2) is 4.06. The Morgan fingerprint density at radius 1 is 1.39 bits per heavy atom. The molecule has 92 valence electrons. The normalized spacial score (nSPS) is 13.0. The molecular weight excluding hydrogens is 248 g/mol. The Morgan fingerprint density at radius 3 is 2.94 bits per heavy atom. The van der Waals surface area contributed by atoms with Gasteiger partial charge >= 0.3 is 0 Å². The van der Waals surface area contributed by atoms with Crippen molar-refractivity contribution in [2.75, 3.05) is 0 Å². The third-order valence-corrected chi connectivity index (χ3v) is 4.05. The average Bonchev–Trinajstić information content (AvgIpc) is 2.97. The monoisotopic (exact) mass is 260 g/mol. The molecule has 0 aliphatic rings. The molecule has 1 atom stereocenters. The maximum Gasteiger partial charge on any atom is 0.277 e. The van der Waals surface area contributed by atoms with Crippen molar-refractivity contribution in [1.29, 1.82) is 0 Å². The van der Waals surface area contributed by atoms with Gasteiger partial charge in [0.15, 0.2) is 0 Å². The summed E-state index contributed by atoms with van der Waals surface area (Å²) in [4.78, 5) is 20.7. The van der Waals surface area contributed by atoms with E-state index in [1.54, 1.807) is 39.0 Å². The largest absolute Gasteiger partial charge is 0.303 e. The van der Waals surface area contributed by atoms with Gasteiger partial charge in [-0.15, -0.1) is 11.3 Å². The highest BCUT2D eigenvalue weighted by molar-refractivity contribution is 7.09. The van der Waals surface area contributed by atoms with Crippen LogP contribution in [0.2, 0.25) is 0 Å². The lowest BCUT2D eigenvalue weighted by atomic mass is 10.3. The molecule has 0 spiro atoms. The van der Waals surface area contributed by atoms with Gasteiger partial charge in [-0.05, 0) is 13.8 Å². The van der Waals surface area contributed by atoms with E-state index in [0.717, 1.165) is 10.7 Å². The second-order valence-electron chi connectivity index (χ2n) is 4.20. The predicted molar refractivity (Wildman–Crippen MR) is 70.1 cm³/mol.